The van der Waals surface area contributed by atoms with Gasteiger partial charge in [-0.05, 0) is 24.6 Å². The van der Waals surface area contributed by atoms with Gasteiger partial charge >= 0.3 is 0 Å². The summed E-state index contributed by atoms with van der Waals surface area (Å²) < 4.78 is 6.38. The van der Waals surface area contributed by atoms with Crippen molar-refractivity contribution in [2.75, 3.05) is 20.7 Å². The predicted octanol–water partition coefficient (Wildman–Crippen LogP) is 3.54. The molecule has 0 aromatic heterocycles. The fourth-order valence-corrected chi connectivity index (χ4v) is 2.08. The van der Waals surface area contributed by atoms with Gasteiger partial charge in [-0.1, -0.05) is 29.3 Å². The summed E-state index contributed by atoms with van der Waals surface area (Å²) in [4.78, 5) is 4.19. The molecule has 0 radical (unpaired) electrons. The number of rotatable bonds is 6. The van der Waals surface area contributed by atoms with E-state index in [2.05, 4.69) is 38.5 Å². The molecular formula is C14H23BrIN3O. The van der Waals surface area contributed by atoms with E-state index in [1.807, 2.05) is 18.2 Å². The number of hydrogen-bond acceptors (Lipinski definition) is 2. The first kappa shape index (κ1) is 19.5. The second-order valence-electron chi connectivity index (χ2n) is 4.16. The summed E-state index contributed by atoms with van der Waals surface area (Å²) in [6.07, 6.45) is 2.31. The molecule has 20 heavy (non-hydrogen) atoms. The number of methoxy groups -OCH3 is 1. The van der Waals surface area contributed by atoms with Crippen molar-refractivity contribution in [3.63, 3.8) is 0 Å². The van der Waals surface area contributed by atoms with Gasteiger partial charge in [0.25, 0.3) is 0 Å². The fourth-order valence-electron chi connectivity index (χ4n) is 1.67. The lowest BCUT2D eigenvalue weighted by Gasteiger charge is -2.13. The number of nitrogens with one attached hydrogen (secondary N) is 2. The molecule has 0 saturated carbocycles. The van der Waals surface area contributed by atoms with Crippen LogP contribution in [0.25, 0.3) is 0 Å². The maximum absolute atomic E-state index is 5.34. The van der Waals surface area contributed by atoms with Crippen molar-refractivity contribution in [3.05, 3.63) is 28.2 Å². The summed E-state index contributed by atoms with van der Waals surface area (Å²) in [5, 5.41) is 6.56. The first-order chi connectivity index (χ1) is 9.21. The number of unbranched alkanes of at least 4 members (excludes halogenated alkanes) is 1. The first-order valence-electron chi connectivity index (χ1n) is 6.48. The Morgan fingerprint density at radius 2 is 2.10 bits per heavy atom. The smallest absolute Gasteiger partial charge is 0.191 e. The van der Waals surface area contributed by atoms with Crippen LogP contribution in [0.4, 0.5) is 0 Å². The van der Waals surface area contributed by atoms with Gasteiger partial charge in [0, 0.05) is 30.2 Å². The summed E-state index contributed by atoms with van der Waals surface area (Å²) in [6.45, 7) is 3.78. The lowest BCUT2D eigenvalue weighted by atomic mass is 10.2. The van der Waals surface area contributed by atoms with Gasteiger partial charge in [0.15, 0.2) is 5.96 Å². The third-order valence-corrected chi connectivity index (χ3v) is 3.23. The number of aliphatic imine (C=N–C) groups is 1. The van der Waals surface area contributed by atoms with Crippen LogP contribution in [0.2, 0.25) is 0 Å². The summed E-state index contributed by atoms with van der Waals surface area (Å²) >= 11 is 3.47. The summed E-state index contributed by atoms with van der Waals surface area (Å²) in [5.74, 6) is 1.69. The van der Waals surface area contributed by atoms with E-state index >= 15 is 0 Å². The number of hydrogen-bond donors (Lipinski definition) is 2. The van der Waals surface area contributed by atoms with E-state index in [0.717, 1.165) is 34.7 Å². The van der Waals surface area contributed by atoms with Crippen LogP contribution in [-0.2, 0) is 6.54 Å². The molecule has 2 N–H and O–H groups in total. The van der Waals surface area contributed by atoms with Crippen molar-refractivity contribution < 1.29 is 4.74 Å². The molecule has 1 aromatic rings. The van der Waals surface area contributed by atoms with Gasteiger partial charge in [0.2, 0.25) is 0 Å². The zero-order valence-electron chi connectivity index (χ0n) is 12.2. The number of nitrogens with zero attached hydrogens (tertiary/aromatic N) is 1. The highest BCUT2D eigenvalue weighted by Gasteiger charge is 2.04. The van der Waals surface area contributed by atoms with Crippen LogP contribution in [0.1, 0.15) is 25.3 Å². The van der Waals surface area contributed by atoms with Gasteiger partial charge in [-0.15, -0.1) is 24.0 Å². The topological polar surface area (TPSA) is 45.7 Å². The quantitative estimate of drug-likeness (QED) is 0.298. The van der Waals surface area contributed by atoms with Crippen molar-refractivity contribution in [1.82, 2.24) is 10.6 Å². The van der Waals surface area contributed by atoms with E-state index in [-0.39, 0.29) is 24.0 Å². The van der Waals surface area contributed by atoms with Crippen molar-refractivity contribution in [3.8, 4) is 5.75 Å². The van der Waals surface area contributed by atoms with Gasteiger partial charge in [-0.25, -0.2) is 0 Å². The van der Waals surface area contributed by atoms with E-state index in [1.165, 1.54) is 6.42 Å². The Balaban J connectivity index is 0.00000361. The van der Waals surface area contributed by atoms with Crippen LogP contribution in [0.3, 0.4) is 0 Å². The van der Waals surface area contributed by atoms with Crippen LogP contribution in [-0.4, -0.2) is 26.7 Å². The molecule has 0 bridgehead atoms. The molecule has 0 unspecified atom stereocenters. The predicted molar refractivity (Wildman–Crippen MR) is 99.2 cm³/mol. The molecule has 114 valence electrons. The maximum Gasteiger partial charge on any atom is 0.191 e. The molecule has 1 aromatic carbocycles. The summed E-state index contributed by atoms with van der Waals surface area (Å²) in [6, 6.07) is 5.97. The summed E-state index contributed by atoms with van der Waals surface area (Å²) in [7, 11) is 3.46. The molecule has 6 heteroatoms. The minimum Gasteiger partial charge on any atom is -0.496 e. The van der Waals surface area contributed by atoms with E-state index in [0.29, 0.717) is 6.54 Å². The molecule has 1 rings (SSSR count). The van der Waals surface area contributed by atoms with Crippen molar-refractivity contribution in [1.29, 1.82) is 0 Å². The molecule has 0 atom stereocenters. The number of benzene rings is 1. The van der Waals surface area contributed by atoms with Crippen molar-refractivity contribution in [2.24, 2.45) is 4.99 Å². The standard InChI is InChI=1S/C14H22BrN3O.HI/c1-4-5-8-17-14(16-2)18-10-11-9-12(15)6-7-13(11)19-3;/h6-7,9H,4-5,8,10H2,1-3H3,(H2,16,17,18);1H. The molecule has 0 aliphatic heterocycles. The Morgan fingerprint density at radius 1 is 1.35 bits per heavy atom. The number of halogens is 2. The van der Waals surface area contributed by atoms with E-state index < -0.39 is 0 Å². The fraction of sp³-hybridized carbons (Fsp3) is 0.500. The van der Waals surface area contributed by atoms with E-state index in [9.17, 15) is 0 Å². The average Bonchev–Trinajstić information content (AvgIpc) is 2.43. The van der Waals surface area contributed by atoms with Crippen LogP contribution in [0, 0.1) is 0 Å². The van der Waals surface area contributed by atoms with Gasteiger partial charge in [0.05, 0.1) is 7.11 Å². The molecule has 0 aliphatic rings. The van der Waals surface area contributed by atoms with Crippen molar-refractivity contribution in [2.45, 2.75) is 26.3 Å². The lowest BCUT2D eigenvalue weighted by molar-refractivity contribution is 0.409. The highest BCUT2D eigenvalue weighted by molar-refractivity contribution is 14.0. The highest BCUT2D eigenvalue weighted by atomic mass is 127. The number of guanidine groups is 1. The van der Waals surface area contributed by atoms with E-state index in [1.54, 1.807) is 14.2 Å². The Kier molecular flexibility index (Phi) is 10.9. The van der Waals surface area contributed by atoms with Gasteiger partial charge < -0.3 is 15.4 Å². The molecule has 4 nitrogen and oxygen atoms in total. The van der Waals surface area contributed by atoms with Gasteiger partial charge in [-0.2, -0.15) is 0 Å². The minimum atomic E-state index is 0. The molecule has 0 fully saturated rings. The third-order valence-electron chi connectivity index (χ3n) is 2.74. The second-order valence-corrected chi connectivity index (χ2v) is 5.08. The maximum atomic E-state index is 5.34. The Morgan fingerprint density at radius 3 is 2.70 bits per heavy atom. The Hall–Kier alpha value is -0.500. The van der Waals surface area contributed by atoms with Crippen LogP contribution >= 0.6 is 39.9 Å². The number of ether oxygens (including phenoxy) is 1. The minimum absolute atomic E-state index is 0. The molecule has 0 aliphatic carbocycles. The molecule has 0 saturated heterocycles. The summed E-state index contributed by atoms with van der Waals surface area (Å²) in [5.41, 5.74) is 1.09. The normalized spacial score (nSPS) is 10.7. The second kappa shape index (κ2) is 11.2. The van der Waals surface area contributed by atoms with Gasteiger partial charge in [-0.3, -0.25) is 4.99 Å². The monoisotopic (exact) mass is 455 g/mol. The third kappa shape index (κ3) is 6.78. The van der Waals surface area contributed by atoms with E-state index in [4.69, 9.17) is 4.74 Å². The lowest BCUT2D eigenvalue weighted by Crippen LogP contribution is -2.37. The zero-order valence-corrected chi connectivity index (χ0v) is 16.1. The Bertz CT molecular complexity index is 427. The SMILES string of the molecule is CCCCNC(=NC)NCc1cc(Br)ccc1OC.I. The molecule has 0 spiro atoms. The zero-order chi connectivity index (χ0) is 14.1. The van der Waals surface area contributed by atoms with Crippen molar-refractivity contribution >= 4 is 45.9 Å². The van der Waals surface area contributed by atoms with Crippen LogP contribution < -0.4 is 15.4 Å². The molecule has 0 amide bonds. The molecular weight excluding hydrogens is 433 g/mol. The largest absolute Gasteiger partial charge is 0.496 e. The van der Waals surface area contributed by atoms with Crippen LogP contribution in [0.5, 0.6) is 5.75 Å². The Labute approximate surface area is 146 Å². The van der Waals surface area contributed by atoms with Crippen LogP contribution in [0.15, 0.2) is 27.7 Å². The highest BCUT2D eigenvalue weighted by Crippen LogP contribution is 2.22. The first-order valence-corrected chi connectivity index (χ1v) is 7.27. The van der Waals surface area contributed by atoms with Gasteiger partial charge in [0.1, 0.15) is 5.75 Å². The average molecular weight is 456 g/mol. The molecule has 0 heterocycles.